The molecule has 5 heteroatoms. The molecule has 0 saturated carbocycles. The first-order valence-corrected chi connectivity index (χ1v) is 5.92. The minimum absolute atomic E-state index is 0.00972. The second-order valence-electron chi connectivity index (χ2n) is 4.57. The van der Waals surface area contributed by atoms with E-state index < -0.39 is 0 Å². The van der Waals surface area contributed by atoms with Crippen LogP contribution in [0, 0.1) is 0 Å². The molecule has 2 unspecified atom stereocenters. The van der Waals surface area contributed by atoms with Crippen LogP contribution in [0.2, 0.25) is 0 Å². The maximum absolute atomic E-state index is 6.22. The zero-order valence-corrected chi connectivity index (χ0v) is 10.0. The van der Waals surface area contributed by atoms with Gasteiger partial charge in [0.1, 0.15) is 12.2 Å². The Morgan fingerprint density at radius 1 is 1.69 bits per heavy atom. The van der Waals surface area contributed by atoms with E-state index >= 15 is 0 Å². The monoisotopic (exact) mass is 224 g/mol. The van der Waals surface area contributed by atoms with Crippen molar-refractivity contribution in [2.24, 2.45) is 5.73 Å². The molecule has 0 aliphatic carbocycles. The highest BCUT2D eigenvalue weighted by Crippen LogP contribution is 2.28. The summed E-state index contributed by atoms with van der Waals surface area (Å²) in [7, 11) is 0. The molecule has 1 aliphatic heterocycles. The Hall–Kier alpha value is -0.940. The lowest BCUT2D eigenvalue weighted by molar-refractivity contribution is -0.00158. The Kier molecular flexibility index (Phi) is 3.25. The average Bonchev–Trinajstić information content (AvgIpc) is 2.87. The van der Waals surface area contributed by atoms with Gasteiger partial charge in [0.05, 0.1) is 5.60 Å². The molecule has 0 aromatic carbocycles. The van der Waals surface area contributed by atoms with Crippen LogP contribution in [0.4, 0.5) is 0 Å². The highest BCUT2D eigenvalue weighted by Gasteiger charge is 2.36. The summed E-state index contributed by atoms with van der Waals surface area (Å²) in [6, 6.07) is -0.00972. The van der Waals surface area contributed by atoms with E-state index in [1.807, 2.05) is 4.68 Å². The second kappa shape index (κ2) is 4.51. The van der Waals surface area contributed by atoms with Crippen molar-refractivity contribution in [2.45, 2.75) is 51.3 Å². The van der Waals surface area contributed by atoms with E-state index in [0.717, 1.165) is 38.2 Å². The number of hydrogen-bond acceptors (Lipinski definition) is 4. The number of hydrogen-bond donors (Lipinski definition) is 1. The smallest absolute Gasteiger partial charge is 0.138 e. The predicted octanol–water partition coefficient (Wildman–Crippen LogP) is 0.737. The lowest BCUT2D eigenvalue weighted by Gasteiger charge is -2.30. The zero-order chi connectivity index (χ0) is 11.6. The normalized spacial score (nSPS) is 27.2. The number of nitrogens with two attached hydrogens (primary N) is 1. The minimum Gasteiger partial charge on any atom is -0.374 e. The van der Waals surface area contributed by atoms with E-state index in [4.69, 9.17) is 10.5 Å². The zero-order valence-electron chi connectivity index (χ0n) is 10.0. The van der Waals surface area contributed by atoms with Crippen molar-refractivity contribution in [3.8, 4) is 0 Å². The van der Waals surface area contributed by atoms with E-state index in [9.17, 15) is 0 Å². The number of nitrogens with zero attached hydrogens (tertiary/aromatic N) is 3. The standard InChI is InChI=1S/C11H20N4O/c1-3-15-10(13-8-14-15)7-9(12)11(2)5-4-6-16-11/h8-9H,3-7,12H2,1-2H3. The molecule has 90 valence electrons. The summed E-state index contributed by atoms with van der Waals surface area (Å²) in [5.41, 5.74) is 6.03. The summed E-state index contributed by atoms with van der Waals surface area (Å²) in [5, 5.41) is 4.15. The third-order valence-electron chi connectivity index (χ3n) is 3.43. The van der Waals surface area contributed by atoms with Crippen molar-refractivity contribution < 1.29 is 4.74 Å². The molecule has 2 rings (SSSR count). The van der Waals surface area contributed by atoms with E-state index in [1.165, 1.54) is 0 Å². The molecule has 1 fully saturated rings. The van der Waals surface area contributed by atoms with Crippen LogP contribution in [0.3, 0.4) is 0 Å². The van der Waals surface area contributed by atoms with Crippen LogP contribution in [0.5, 0.6) is 0 Å². The van der Waals surface area contributed by atoms with Crippen LogP contribution in [-0.2, 0) is 17.7 Å². The van der Waals surface area contributed by atoms with Crippen molar-refractivity contribution >= 4 is 0 Å². The molecule has 0 bridgehead atoms. The lowest BCUT2D eigenvalue weighted by atomic mass is 9.91. The van der Waals surface area contributed by atoms with E-state index in [0.29, 0.717) is 0 Å². The highest BCUT2D eigenvalue weighted by molar-refractivity contribution is 4.98. The molecule has 1 aromatic rings. The number of aryl methyl sites for hydroxylation is 1. The summed E-state index contributed by atoms with van der Waals surface area (Å²) < 4.78 is 7.63. The van der Waals surface area contributed by atoms with Crippen LogP contribution in [0.1, 0.15) is 32.5 Å². The Balaban J connectivity index is 2.04. The van der Waals surface area contributed by atoms with Gasteiger partial charge in [-0.25, -0.2) is 4.98 Å². The van der Waals surface area contributed by atoms with Crippen LogP contribution < -0.4 is 5.73 Å². The number of aromatic nitrogens is 3. The summed E-state index contributed by atoms with van der Waals surface area (Å²) in [4.78, 5) is 4.25. The van der Waals surface area contributed by atoms with Crippen LogP contribution in [0.15, 0.2) is 6.33 Å². The summed E-state index contributed by atoms with van der Waals surface area (Å²) >= 11 is 0. The SMILES string of the molecule is CCn1ncnc1CC(N)C1(C)CCCO1. The predicted molar refractivity (Wildman–Crippen MR) is 61.0 cm³/mol. The van der Waals surface area contributed by atoms with Gasteiger partial charge in [-0.15, -0.1) is 0 Å². The van der Waals surface area contributed by atoms with Crippen LogP contribution in [-0.4, -0.2) is 33.0 Å². The Morgan fingerprint density at radius 3 is 3.12 bits per heavy atom. The van der Waals surface area contributed by atoms with Crippen molar-refractivity contribution in [3.05, 3.63) is 12.2 Å². The Labute approximate surface area is 96.0 Å². The minimum atomic E-state index is -0.190. The van der Waals surface area contributed by atoms with Gasteiger partial charge in [0.2, 0.25) is 0 Å². The Morgan fingerprint density at radius 2 is 2.50 bits per heavy atom. The summed E-state index contributed by atoms with van der Waals surface area (Å²) in [6.45, 7) is 5.80. The van der Waals surface area contributed by atoms with Gasteiger partial charge in [-0.1, -0.05) is 0 Å². The molecule has 0 amide bonds. The van der Waals surface area contributed by atoms with Gasteiger partial charge in [0.25, 0.3) is 0 Å². The molecule has 2 atom stereocenters. The maximum Gasteiger partial charge on any atom is 0.138 e. The quantitative estimate of drug-likeness (QED) is 0.819. The molecule has 16 heavy (non-hydrogen) atoms. The molecular weight excluding hydrogens is 204 g/mol. The number of ether oxygens (including phenoxy) is 1. The summed E-state index contributed by atoms with van der Waals surface area (Å²) in [5.74, 6) is 0.951. The molecule has 1 aliphatic rings. The van der Waals surface area contributed by atoms with Crippen molar-refractivity contribution in [2.75, 3.05) is 6.61 Å². The topological polar surface area (TPSA) is 66.0 Å². The van der Waals surface area contributed by atoms with Gasteiger partial charge in [0.15, 0.2) is 0 Å². The van der Waals surface area contributed by atoms with Gasteiger partial charge < -0.3 is 10.5 Å². The second-order valence-corrected chi connectivity index (χ2v) is 4.57. The first-order chi connectivity index (χ1) is 7.65. The molecule has 2 N–H and O–H groups in total. The number of rotatable bonds is 4. The van der Waals surface area contributed by atoms with Crippen molar-refractivity contribution in [3.63, 3.8) is 0 Å². The van der Waals surface area contributed by atoms with E-state index in [2.05, 4.69) is 23.9 Å². The van der Waals surface area contributed by atoms with E-state index in [-0.39, 0.29) is 11.6 Å². The molecular formula is C11H20N4O. The average molecular weight is 224 g/mol. The molecule has 0 radical (unpaired) electrons. The van der Waals surface area contributed by atoms with Gasteiger partial charge in [-0.05, 0) is 26.7 Å². The van der Waals surface area contributed by atoms with E-state index in [1.54, 1.807) is 6.33 Å². The van der Waals surface area contributed by atoms with Crippen molar-refractivity contribution in [1.82, 2.24) is 14.8 Å². The largest absolute Gasteiger partial charge is 0.374 e. The first-order valence-electron chi connectivity index (χ1n) is 5.92. The van der Waals surface area contributed by atoms with Gasteiger partial charge in [-0.3, -0.25) is 4.68 Å². The fourth-order valence-corrected chi connectivity index (χ4v) is 2.22. The highest BCUT2D eigenvalue weighted by atomic mass is 16.5. The van der Waals surface area contributed by atoms with Crippen molar-refractivity contribution in [1.29, 1.82) is 0 Å². The molecule has 1 saturated heterocycles. The first kappa shape index (κ1) is 11.5. The fraction of sp³-hybridized carbons (Fsp3) is 0.818. The fourth-order valence-electron chi connectivity index (χ4n) is 2.22. The van der Waals surface area contributed by atoms with Crippen LogP contribution >= 0.6 is 0 Å². The maximum atomic E-state index is 6.22. The third kappa shape index (κ3) is 2.10. The molecule has 5 nitrogen and oxygen atoms in total. The molecule has 2 heterocycles. The van der Waals surface area contributed by atoms with Gasteiger partial charge in [0, 0.05) is 25.6 Å². The lowest BCUT2D eigenvalue weighted by Crippen LogP contribution is -2.47. The van der Waals surface area contributed by atoms with Crippen LogP contribution in [0.25, 0.3) is 0 Å². The summed E-state index contributed by atoms with van der Waals surface area (Å²) in [6.07, 6.45) is 4.45. The Bertz CT molecular complexity index is 344. The molecule has 0 spiro atoms. The molecule has 1 aromatic heterocycles. The van der Waals surface area contributed by atoms with Gasteiger partial charge >= 0.3 is 0 Å². The third-order valence-corrected chi connectivity index (χ3v) is 3.43. The van der Waals surface area contributed by atoms with Gasteiger partial charge in [-0.2, -0.15) is 5.10 Å².